The van der Waals surface area contributed by atoms with E-state index in [1.807, 2.05) is 11.8 Å². The number of hydrogen-bond donors (Lipinski definition) is 1. The summed E-state index contributed by atoms with van der Waals surface area (Å²) in [6.07, 6.45) is 2.39. The molecule has 0 bridgehead atoms. The Labute approximate surface area is 105 Å². The van der Waals surface area contributed by atoms with Crippen LogP contribution in [0.25, 0.3) is 0 Å². The van der Waals surface area contributed by atoms with Gasteiger partial charge < -0.3 is 14.9 Å². The minimum atomic E-state index is -0.875. The molecule has 0 saturated carbocycles. The molecule has 2 rings (SSSR count). The van der Waals surface area contributed by atoms with Crippen LogP contribution in [0.5, 0.6) is 0 Å². The molecule has 1 N–H and O–H groups in total. The molecule has 2 amide bonds. The van der Waals surface area contributed by atoms with Gasteiger partial charge in [-0.25, -0.2) is 9.59 Å². The van der Waals surface area contributed by atoms with E-state index in [9.17, 15) is 9.59 Å². The second-order valence-corrected chi connectivity index (χ2v) is 5.65. The van der Waals surface area contributed by atoms with Crippen LogP contribution >= 0.6 is 11.8 Å². The normalized spacial score (nSPS) is 25.8. The van der Waals surface area contributed by atoms with E-state index in [0.717, 1.165) is 37.4 Å². The Bertz CT molecular complexity index is 303. The Morgan fingerprint density at radius 2 is 1.94 bits per heavy atom. The van der Waals surface area contributed by atoms with Gasteiger partial charge in [-0.1, -0.05) is 0 Å². The summed E-state index contributed by atoms with van der Waals surface area (Å²) in [6.45, 7) is 2.08. The van der Waals surface area contributed by atoms with Gasteiger partial charge in [0.25, 0.3) is 0 Å². The molecule has 17 heavy (non-hydrogen) atoms. The van der Waals surface area contributed by atoms with E-state index in [0.29, 0.717) is 13.0 Å². The van der Waals surface area contributed by atoms with Crippen molar-refractivity contribution in [3.8, 4) is 0 Å². The van der Waals surface area contributed by atoms with Crippen molar-refractivity contribution in [2.45, 2.75) is 25.3 Å². The van der Waals surface area contributed by atoms with Crippen LogP contribution in [-0.4, -0.2) is 64.1 Å². The molecule has 1 atom stereocenters. The molecule has 2 aliphatic heterocycles. The summed E-state index contributed by atoms with van der Waals surface area (Å²) >= 11 is 1.86. The van der Waals surface area contributed by atoms with Crippen LogP contribution in [0.4, 0.5) is 4.79 Å². The second kappa shape index (κ2) is 5.62. The second-order valence-electron chi connectivity index (χ2n) is 4.43. The van der Waals surface area contributed by atoms with Crippen LogP contribution in [0.3, 0.4) is 0 Å². The lowest BCUT2D eigenvalue weighted by atomic mass is 10.2. The van der Waals surface area contributed by atoms with Gasteiger partial charge in [0.15, 0.2) is 0 Å². The molecule has 2 aliphatic rings. The number of thioether (sulfide) groups is 1. The lowest BCUT2D eigenvalue weighted by Gasteiger charge is -2.29. The number of carbonyl (C=O) groups excluding carboxylic acids is 1. The Morgan fingerprint density at radius 1 is 1.12 bits per heavy atom. The van der Waals surface area contributed by atoms with Crippen LogP contribution in [-0.2, 0) is 4.79 Å². The number of carboxylic acid groups (broad SMARTS) is 1. The van der Waals surface area contributed by atoms with Gasteiger partial charge in [-0.2, -0.15) is 11.8 Å². The Balaban J connectivity index is 2.00. The van der Waals surface area contributed by atoms with Crippen molar-refractivity contribution in [3.63, 3.8) is 0 Å². The average molecular weight is 258 g/mol. The van der Waals surface area contributed by atoms with E-state index in [4.69, 9.17) is 5.11 Å². The third kappa shape index (κ3) is 2.86. The molecule has 0 aliphatic carbocycles. The van der Waals surface area contributed by atoms with Gasteiger partial charge in [-0.05, 0) is 25.0 Å². The Kier molecular flexibility index (Phi) is 4.15. The van der Waals surface area contributed by atoms with E-state index >= 15 is 0 Å². The summed E-state index contributed by atoms with van der Waals surface area (Å²) in [4.78, 5) is 26.6. The average Bonchev–Trinajstić information content (AvgIpc) is 2.64. The van der Waals surface area contributed by atoms with E-state index in [2.05, 4.69) is 0 Å². The maximum absolute atomic E-state index is 12.2. The van der Waals surface area contributed by atoms with Crippen LogP contribution < -0.4 is 0 Å². The fourth-order valence-corrected chi connectivity index (χ4v) is 3.26. The molecular formula is C11H18N2O3S. The number of carboxylic acids is 1. The van der Waals surface area contributed by atoms with Crippen molar-refractivity contribution < 1.29 is 14.7 Å². The maximum Gasteiger partial charge on any atom is 0.326 e. The molecule has 1 unspecified atom stereocenters. The molecule has 2 fully saturated rings. The first-order valence-electron chi connectivity index (χ1n) is 6.06. The highest BCUT2D eigenvalue weighted by molar-refractivity contribution is 7.99. The molecule has 0 aromatic rings. The molecule has 0 radical (unpaired) electrons. The summed E-state index contributed by atoms with van der Waals surface area (Å²) in [5, 5.41) is 9.07. The van der Waals surface area contributed by atoms with E-state index in [-0.39, 0.29) is 6.03 Å². The third-order valence-corrected chi connectivity index (χ3v) is 4.32. The summed E-state index contributed by atoms with van der Waals surface area (Å²) in [5.74, 6) is 1.17. The highest BCUT2D eigenvalue weighted by Crippen LogP contribution is 2.20. The van der Waals surface area contributed by atoms with Gasteiger partial charge in [0.05, 0.1) is 0 Å². The van der Waals surface area contributed by atoms with Gasteiger partial charge in [0, 0.05) is 25.4 Å². The molecule has 6 heteroatoms. The summed E-state index contributed by atoms with van der Waals surface area (Å²) in [6, 6.07) is -0.698. The first kappa shape index (κ1) is 12.5. The number of likely N-dealkylation sites (tertiary alicyclic amines) is 1. The number of rotatable bonds is 1. The van der Waals surface area contributed by atoms with Crippen LogP contribution in [0.15, 0.2) is 0 Å². The Hall–Kier alpha value is -0.910. The Morgan fingerprint density at radius 3 is 2.71 bits per heavy atom. The first-order chi connectivity index (χ1) is 8.20. The monoisotopic (exact) mass is 258 g/mol. The topological polar surface area (TPSA) is 60.9 Å². The number of amides is 2. The zero-order valence-electron chi connectivity index (χ0n) is 9.80. The predicted molar refractivity (Wildman–Crippen MR) is 66.3 cm³/mol. The molecule has 0 spiro atoms. The van der Waals surface area contributed by atoms with E-state index in [1.54, 1.807) is 4.90 Å². The largest absolute Gasteiger partial charge is 0.480 e. The minimum absolute atomic E-state index is 0.0857. The first-order valence-corrected chi connectivity index (χ1v) is 7.21. The van der Waals surface area contributed by atoms with Gasteiger partial charge in [0.1, 0.15) is 6.04 Å². The number of hydrogen-bond acceptors (Lipinski definition) is 3. The number of nitrogens with zero attached hydrogens (tertiary/aromatic N) is 2. The van der Waals surface area contributed by atoms with Crippen molar-refractivity contribution in [2.75, 3.05) is 31.1 Å². The van der Waals surface area contributed by atoms with Crippen molar-refractivity contribution in [1.82, 2.24) is 9.80 Å². The fourth-order valence-electron chi connectivity index (χ4n) is 2.37. The summed E-state index contributed by atoms with van der Waals surface area (Å²) in [7, 11) is 0. The van der Waals surface area contributed by atoms with Crippen molar-refractivity contribution in [2.24, 2.45) is 0 Å². The number of aliphatic carboxylic acids is 1. The van der Waals surface area contributed by atoms with E-state index in [1.165, 1.54) is 4.90 Å². The zero-order chi connectivity index (χ0) is 12.3. The summed E-state index contributed by atoms with van der Waals surface area (Å²) in [5.41, 5.74) is 0. The van der Waals surface area contributed by atoms with Gasteiger partial charge in [0.2, 0.25) is 0 Å². The van der Waals surface area contributed by atoms with Crippen LogP contribution in [0, 0.1) is 0 Å². The standard InChI is InChI=1S/C11H18N2O3S/c14-10(15)9-3-1-5-13(9)11(16)12-4-2-7-17-8-6-12/h9H,1-8H2,(H,14,15). The highest BCUT2D eigenvalue weighted by Gasteiger charge is 2.36. The minimum Gasteiger partial charge on any atom is -0.480 e. The van der Waals surface area contributed by atoms with Gasteiger partial charge >= 0.3 is 12.0 Å². The fraction of sp³-hybridized carbons (Fsp3) is 0.818. The van der Waals surface area contributed by atoms with Crippen LogP contribution in [0.1, 0.15) is 19.3 Å². The van der Waals surface area contributed by atoms with Gasteiger partial charge in [-0.15, -0.1) is 0 Å². The molecule has 2 saturated heterocycles. The predicted octanol–water partition coefficient (Wildman–Crippen LogP) is 1.09. The number of urea groups is 1. The quantitative estimate of drug-likeness (QED) is 0.765. The van der Waals surface area contributed by atoms with Crippen molar-refractivity contribution in [3.05, 3.63) is 0 Å². The molecule has 96 valence electrons. The SMILES string of the molecule is O=C(O)C1CCCN1C(=O)N1CCCSCC1. The maximum atomic E-state index is 12.2. The lowest BCUT2D eigenvalue weighted by Crippen LogP contribution is -2.48. The molecular weight excluding hydrogens is 240 g/mol. The van der Waals surface area contributed by atoms with E-state index < -0.39 is 12.0 Å². The van der Waals surface area contributed by atoms with Crippen molar-refractivity contribution in [1.29, 1.82) is 0 Å². The lowest BCUT2D eigenvalue weighted by molar-refractivity contribution is -0.141. The molecule has 5 nitrogen and oxygen atoms in total. The smallest absolute Gasteiger partial charge is 0.326 e. The molecule has 2 heterocycles. The molecule has 0 aromatic carbocycles. The van der Waals surface area contributed by atoms with Crippen molar-refractivity contribution >= 4 is 23.8 Å². The highest BCUT2D eigenvalue weighted by atomic mass is 32.2. The number of carbonyl (C=O) groups is 2. The molecule has 0 aromatic heterocycles. The third-order valence-electron chi connectivity index (χ3n) is 3.28. The van der Waals surface area contributed by atoms with Gasteiger partial charge in [-0.3, -0.25) is 0 Å². The zero-order valence-corrected chi connectivity index (χ0v) is 10.6. The summed E-state index contributed by atoms with van der Waals surface area (Å²) < 4.78 is 0. The van der Waals surface area contributed by atoms with Crippen LogP contribution in [0.2, 0.25) is 0 Å².